The average Bonchev–Trinajstić information content (AvgIpc) is 2.40. The van der Waals surface area contributed by atoms with Crippen LogP contribution in [-0.2, 0) is 0 Å². The maximum absolute atomic E-state index is 10.6. The molecule has 0 aromatic heterocycles. The van der Waals surface area contributed by atoms with Gasteiger partial charge in [0.2, 0.25) is 5.70 Å². The largest absolute Gasteiger partial charge is 0.493 e. The van der Waals surface area contributed by atoms with Gasteiger partial charge in [-0.25, -0.2) is 0 Å². The molecule has 104 valence electrons. The van der Waals surface area contributed by atoms with Crippen molar-refractivity contribution in [2.45, 2.75) is 39.5 Å². The van der Waals surface area contributed by atoms with Crippen LogP contribution in [0, 0.1) is 10.1 Å². The van der Waals surface area contributed by atoms with E-state index < -0.39 is 4.92 Å². The Morgan fingerprint density at radius 2 is 2.05 bits per heavy atom. The monoisotopic (exact) mass is 263 g/mol. The van der Waals surface area contributed by atoms with Gasteiger partial charge < -0.3 is 4.74 Å². The van der Waals surface area contributed by atoms with Gasteiger partial charge in [-0.3, -0.25) is 10.1 Å². The predicted octanol–water partition coefficient (Wildman–Crippen LogP) is 4.28. The number of hydrogen-bond acceptors (Lipinski definition) is 3. The van der Waals surface area contributed by atoms with E-state index in [0.29, 0.717) is 12.4 Å². The van der Waals surface area contributed by atoms with Crippen molar-refractivity contribution in [3.05, 3.63) is 45.6 Å². The second-order valence-corrected chi connectivity index (χ2v) is 4.49. The fraction of sp³-hybridized carbons (Fsp3) is 0.467. The van der Waals surface area contributed by atoms with Gasteiger partial charge in [0.15, 0.2) is 0 Å². The third kappa shape index (κ3) is 5.55. The molecule has 1 aromatic carbocycles. The minimum absolute atomic E-state index is 0.113. The van der Waals surface area contributed by atoms with Crippen molar-refractivity contribution in [2.24, 2.45) is 0 Å². The van der Waals surface area contributed by atoms with E-state index in [1.807, 2.05) is 24.3 Å². The number of benzene rings is 1. The molecule has 0 fully saturated rings. The van der Waals surface area contributed by atoms with Crippen LogP contribution in [0.4, 0.5) is 0 Å². The topological polar surface area (TPSA) is 52.4 Å². The summed E-state index contributed by atoms with van der Waals surface area (Å²) < 4.78 is 5.70. The second kappa shape index (κ2) is 8.29. The molecule has 4 nitrogen and oxygen atoms in total. The first-order chi connectivity index (χ1) is 9.15. The molecule has 0 N–H and O–H groups in total. The van der Waals surface area contributed by atoms with Crippen LogP contribution < -0.4 is 4.74 Å². The van der Waals surface area contributed by atoms with Gasteiger partial charge in [-0.1, -0.05) is 44.4 Å². The van der Waals surface area contributed by atoms with Crippen molar-refractivity contribution in [2.75, 3.05) is 6.61 Å². The van der Waals surface area contributed by atoms with Crippen LogP contribution in [0.1, 0.15) is 45.1 Å². The summed E-state index contributed by atoms with van der Waals surface area (Å²) in [5.74, 6) is 0.709. The van der Waals surface area contributed by atoms with E-state index in [4.69, 9.17) is 4.74 Å². The van der Waals surface area contributed by atoms with Crippen molar-refractivity contribution in [3.63, 3.8) is 0 Å². The minimum Gasteiger partial charge on any atom is -0.493 e. The highest BCUT2D eigenvalue weighted by atomic mass is 16.6. The van der Waals surface area contributed by atoms with Crippen molar-refractivity contribution in [1.29, 1.82) is 0 Å². The SMILES string of the molecule is CCCCCCOc1ccccc1/C=C(\C)[N+](=O)[O-]. The number of nitro groups is 1. The summed E-state index contributed by atoms with van der Waals surface area (Å²) in [5, 5.41) is 10.6. The van der Waals surface area contributed by atoms with E-state index in [9.17, 15) is 10.1 Å². The fourth-order valence-corrected chi connectivity index (χ4v) is 1.72. The van der Waals surface area contributed by atoms with Crippen LogP contribution in [0.25, 0.3) is 6.08 Å². The van der Waals surface area contributed by atoms with Gasteiger partial charge in [0.05, 0.1) is 11.5 Å². The summed E-state index contributed by atoms with van der Waals surface area (Å²) >= 11 is 0. The molecule has 19 heavy (non-hydrogen) atoms. The first-order valence-electron chi connectivity index (χ1n) is 6.69. The maximum atomic E-state index is 10.6. The lowest BCUT2D eigenvalue weighted by Crippen LogP contribution is -1.99. The molecular weight excluding hydrogens is 242 g/mol. The molecule has 0 atom stereocenters. The molecule has 0 bridgehead atoms. The molecule has 0 aliphatic rings. The molecule has 1 rings (SSSR count). The molecule has 0 heterocycles. The Morgan fingerprint density at radius 3 is 2.74 bits per heavy atom. The van der Waals surface area contributed by atoms with Crippen molar-refractivity contribution in [3.8, 4) is 5.75 Å². The Labute approximate surface area is 114 Å². The Hall–Kier alpha value is -1.84. The molecule has 1 aromatic rings. The molecule has 4 heteroatoms. The highest BCUT2D eigenvalue weighted by Crippen LogP contribution is 2.21. The van der Waals surface area contributed by atoms with Gasteiger partial charge in [-0.15, -0.1) is 0 Å². The van der Waals surface area contributed by atoms with Crippen molar-refractivity contribution in [1.82, 2.24) is 0 Å². The standard InChI is InChI=1S/C15H21NO3/c1-3-4-5-8-11-19-15-10-7-6-9-14(15)12-13(2)16(17)18/h6-7,9-10,12H,3-5,8,11H2,1-2H3/b13-12+. The number of allylic oxidation sites excluding steroid dienone is 1. The lowest BCUT2D eigenvalue weighted by atomic mass is 10.1. The first-order valence-corrected chi connectivity index (χ1v) is 6.69. The fourth-order valence-electron chi connectivity index (χ4n) is 1.72. The number of rotatable bonds is 8. The quantitative estimate of drug-likeness (QED) is 0.399. The summed E-state index contributed by atoms with van der Waals surface area (Å²) in [6.07, 6.45) is 6.12. The predicted molar refractivity (Wildman–Crippen MR) is 76.7 cm³/mol. The van der Waals surface area contributed by atoms with Gasteiger partial charge in [-0.2, -0.15) is 0 Å². The lowest BCUT2D eigenvalue weighted by Gasteiger charge is -2.08. The molecule has 0 saturated heterocycles. The molecule has 0 spiro atoms. The summed E-state index contributed by atoms with van der Waals surface area (Å²) in [4.78, 5) is 10.3. The molecule has 0 amide bonds. The number of para-hydroxylation sites is 1. The number of ether oxygens (including phenoxy) is 1. The molecule has 0 aliphatic carbocycles. The zero-order chi connectivity index (χ0) is 14.1. The van der Waals surface area contributed by atoms with Crippen LogP contribution in [0.5, 0.6) is 5.75 Å². The second-order valence-electron chi connectivity index (χ2n) is 4.49. The number of unbranched alkanes of at least 4 members (excludes halogenated alkanes) is 3. The van der Waals surface area contributed by atoms with Gasteiger partial charge >= 0.3 is 0 Å². The summed E-state index contributed by atoms with van der Waals surface area (Å²) in [6, 6.07) is 7.40. The van der Waals surface area contributed by atoms with E-state index in [-0.39, 0.29) is 5.70 Å². The Bertz CT molecular complexity index is 441. The first kappa shape index (κ1) is 15.2. The average molecular weight is 263 g/mol. The number of hydrogen-bond donors (Lipinski definition) is 0. The van der Waals surface area contributed by atoms with Crippen LogP contribution >= 0.6 is 0 Å². The molecule has 0 saturated carbocycles. The summed E-state index contributed by atoms with van der Waals surface area (Å²) in [5.41, 5.74) is 0.870. The van der Waals surface area contributed by atoms with Gasteiger partial charge in [-0.05, 0) is 12.5 Å². The highest BCUT2D eigenvalue weighted by molar-refractivity contribution is 5.58. The zero-order valence-corrected chi connectivity index (χ0v) is 11.6. The van der Waals surface area contributed by atoms with E-state index in [1.54, 1.807) is 6.08 Å². The van der Waals surface area contributed by atoms with E-state index in [1.165, 1.54) is 19.8 Å². The van der Waals surface area contributed by atoms with Crippen molar-refractivity contribution >= 4 is 6.08 Å². The van der Waals surface area contributed by atoms with E-state index >= 15 is 0 Å². The Kier molecular flexibility index (Phi) is 6.64. The van der Waals surface area contributed by atoms with Crippen LogP contribution in [0.15, 0.2) is 30.0 Å². The highest BCUT2D eigenvalue weighted by Gasteiger charge is 2.06. The van der Waals surface area contributed by atoms with E-state index in [2.05, 4.69) is 6.92 Å². The van der Waals surface area contributed by atoms with Crippen molar-refractivity contribution < 1.29 is 9.66 Å². The molecule has 0 aliphatic heterocycles. The van der Waals surface area contributed by atoms with Crippen LogP contribution in [-0.4, -0.2) is 11.5 Å². The van der Waals surface area contributed by atoms with Crippen LogP contribution in [0.3, 0.4) is 0 Å². The molecule has 0 radical (unpaired) electrons. The zero-order valence-electron chi connectivity index (χ0n) is 11.6. The Balaban J connectivity index is 2.63. The van der Waals surface area contributed by atoms with Gasteiger partial charge in [0.25, 0.3) is 0 Å². The molecular formula is C15H21NO3. The van der Waals surface area contributed by atoms with Crippen LogP contribution in [0.2, 0.25) is 0 Å². The van der Waals surface area contributed by atoms with Gasteiger partial charge in [0, 0.05) is 18.6 Å². The minimum atomic E-state index is -0.391. The molecule has 0 unspecified atom stereocenters. The summed E-state index contributed by atoms with van der Waals surface area (Å²) in [7, 11) is 0. The third-order valence-corrected chi connectivity index (χ3v) is 2.83. The smallest absolute Gasteiger partial charge is 0.243 e. The third-order valence-electron chi connectivity index (χ3n) is 2.83. The van der Waals surface area contributed by atoms with Gasteiger partial charge in [0.1, 0.15) is 5.75 Å². The lowest BCUT2D eigenvalue weighted by molar-refractivity contribution is -0.422. The Morgan fingerprint density at radius 1 is 1.32 bits per heavy atom. The number of nitrogens with zero attached hydrogens (tertiary/aromatic N) is 1. The maximum Gasteiger partial charge on any atom is 0.243 e. The van der Waals surface area contributed by atoms with E-state index in [0.717, 1.165) is 18.4 Å². The normalized spacial score (nSPS) is 11.4. The summed E-state index contributed by atoms with van der Waals surface area (Å²) in [6.45, 7) is 4.31.